The molecule has 1 aliphatic carbocycles. The van der Waals surface area contributed by atoms with Crippen LogP contribution in [0.1, 0.15) is 24.0 Å². The van der Waals surface area contributed by atoms with Gasteiger partial charge in [-0.05, 0) is 73.2 Å². The van der Waals surface area contributed by atoms with Crippen molar-refractivity contribution in [1.82, 2.24) is 4.90 Å². The van der Waals surface area contributed by atoms with Crippen LogP contribution in [0.25, 0.3) is 11.1 Å². The first kappa shape index (κ1) is 15.9. The molecule has 0 radical (unpaired) electrons. The second-order valence-corrected chi connectivity index (χ2v) is 9.09. The Labute approximate surface area is 144 Å². The summed E-state index contributed by atoms with van der Waals surface area (Å²) in [6, 6.07) is 14.6. The molecule has 1 heterocycles. The average molecular weight is 341 g/mol. The van der Waals surface area contributed by atoms with Gasteiger partial charge in [0.2, 0.25) is 0 Å². The van der Waals surface area contributed by atoms with Gasteiger partial charge in [0.25, 0.3) is 0 Å². The summed E-state index contributed by atoms with van der Waals surface area (Å²) < 4.78 is 23.6. The van der Waals surface area contributed by atoms with Crippen molar-refractivity contribution in [3.8, 4) is 11.1 Å². The van der Waals surface area contributed by atoms with Crippen molar-refractivity contribution >= 4 is 9.84 Å². The van der Waals surface area contributed by atoms with Gasteiger partial charge in [-0.3, -0.25) is 4.90 Å². The van der Waals surface area contributed by atoms with Crippen molar-refractivity contribution in [2.75, 3.05) is 19.3 Å². The van der Waals surface area contributed by atoms with E-state index in [1.165, 1.54) is 43.3 Å². The molecular formula is C20H23NO2S. The highest BCUT2D eigenvalue weighted by molar-refractivity contribution is 7.90. The third kappa shape index (κ3) is 3.01. The lowest BCUT2D eigenvalue weighted by atomic mass is 9.85. The molecule has 0 spiro atoms. The van der Waals surface area contributed by atoms with Crippen LogP contribution in [0.4, 0.5) is 0 Å². The van der Waals surface area contributed by atoms with Gasteiger partial charge in [0.1, 0.15) is 0 Å². The van der Waals surface area contributed by atoms with Crippen LogP contribution in [-0.2, 0) is 22.7 Å². The lowest BCUT2D eigenvalue weighted by molar-refractivity contribution is 0.107. The van der Waals surface area contributed by atoms with Crippen molar-refractivity contribution in [3.05, 3.63) is 53.6 Å². The fourth-order valence-corrected chi connectivity index (χ4v) is 4.51. The van der Waals surface area contributed by atoms with E-state index in [1.54, 1.807) is 12.1 Å². The van der Waals surface area contributed by atoms with Crippen LogP contribution in [0, 0.1) is 0 Å². The summed E-state index contributed by atoms with van der Waals surface area (Å²) in [6.45, 7) is 2.52. The second kappa shape index (κ2) is 6.01. The van der Waals surface area contributed by atoms with Crippen molar-refractivity contribution in [3.63, 3.8) is 0 Å². The first-order valence-electron chi connectivity index (χ1n) is 8.67. The molecule has 0 aromatic heterocycles. The summed E-state index contributed by atoms with van der Waals surface area (Å²) in [6.07, 6.45) is 6.11. The van der Waals surface area contributed by atoms with Gasteiger partial charge >= 0.3 is 0 Å². The molecule has 1 unspecified atom stereocenters. The molecule has 1 aliphatic heterocycles. The van der Waals surface area contributed by atoms with Crippen LogP contribution in [0.3, 0.4) is 0 Å². The summed E-state index contributed by atoms with van der Waals surface area (Å²) in [5.41, 5.74) is 4.97. The molecule has 2 aromatic carbocycles. The second-order valence-electron chi connectivity index (χ2n) is 7.07. The molecule has 2 aromatic rings. The maximum absolute atomic E-state index is 11.8. The molecule has 2 aliphatic rings. The standard InChI is InChI=1S/C20H23NO2S/c1-24(22,23)20-5-2-4-15(14-20)16-6-7-18-13-19(21-10-3-11-21)9-8-17(18)12-16/h2,4-7,12,14,19H,3,8-11,13H2,1H3. The number of likely N-dealkylation sites (tertiary alicyclic amines) is 1. The molecule has 4 heteroatoms. The van der Waals surface area contributed by atoms with Gasteiger partial charge in [-0.1, -0.05) is 30.3 Å². The predicted octanol–water partition coefficient (Wildman–Crippen LogP) is 3.32. The Hall–Kier alpha value is -1.65. The quantitative estimate of drug-likeness (QED) is 0.859. The monoisotopic (exact) mass is 341 g/mol. The smallest absolute Gasteiger partial charge is 0.175 e. The molecule has 1 fully saturated rings. The van der Waals surface area contributed by atoms with Crippen molar-refractivity contribution in [1.29, 1.82) is 0 Å². The Morgan fingerprint density at radius 2 is 1.79 bits per heavy atom. The zero-order valence-corrected chi connectivity index (χ0v) is 14.8. The van der Waals surface area contributed by atoms with E-state index in [2.05, 4.69) is 23.1 Å². The zero-order chi connectivity index (χ0) is 16.7. The Bertz CT molecular complexity index is 869. The van der Waals surface area contributed by atoms with Crippen LogP contribution < -0.4 is 0 Å². The number of rotatable bonds is 3. The maximum Gasteiger partial charge on any atom is 0.175 e. The number of benzene rings is 2. The number of aryl methyl sites for hydroxylation is 1. The van der Waals surface area contributed by atoms with E-state index in [4.69, 9.17) is 0 Å². The van der Waals surface area contributed by atoms with E-state index < -0.39 is 9.84 Å². The van der Waals surface area contributed by atoms with Crippen molar-refractivity contribution in [2.45, 2.75) is 36.6 Å². The highest BCUT2D eigenvalue weighted by Crippen LogP contribution is 2.31. The highest BCUT2D eigenvalue weighted by Gasteiger charge is 2.27. The van der Waals surface area contributed by atoms with Gasteiger partial charge < -0.3 is 0 Å². The molecule has 0 N–H and O–H groups in total. The first-order valence-corrected chi connectivity index (χ1v) is 10.6. The highest BCUT2D eigenvalue weighted by atomic mass is 32.2. The van der Waals surface area contributed by atoms with Gasteiger partial charge in [-0.2, -0.15) is 0 Å². The molecule has 1 atom stereocenters. The summed E-state index contributed by atoms with van der Waals surface area (Å²) >= 11 is 0. The first-order chi connectivity index (χ1) is 11.5. The van der Waals surface area contributed by atoms with Gasteiger partial charge in [0, 0.05) is 12.3 Å². The summed E-state index contributed by atoms with van der Waals surface area (Å²) in [7, 11) is -3.17. The Balaban J connectivity index is 1.62. The maximum atomic E-state index is 11.8. The molecule has 4 rings (SSSR count). The van der Waals surface area contributed by atoms with Crippen molar-refractivity contribution < 1.29 is 8.42 Å². The minimum atomic E-state index is -3.17. The largest absolute Gasteiger partial charge is 0.300 e. The molecule has 0 saturated carbocycles. The molecule has 1 saturated heterocycles. The zero-order valence-electron chi connectivity index (χ0n) is 14.0. The van der Waals surface area contributed by atoms with E-state index in [0.29, 0.717) is 10.9 Å². The van der Waals surface area contributed by atoms with E-state index in [1.807, 2.05) is 12.1 Å². The summed E-state index contributed by atoms with van der Waals surface area (Å²) in [5.74, 6) is 0. The van der Waals surface area contributed by atoms with Crippen LogP contribution in [0.5, 0.6) is 0 Å². The molecular weight excluding hydrogens is 318 g/mol. The van der Waals surface area contributed by atoms with E-state index in [0.717, 1.165) is 24.0 Å². The van der Waals surface area contributed by atoms with Crippen LogP contribution in [0.2, 0.25) is 0 Å². The van der Waals surface area contributed by atoms with Crippen molar-refractivity contribution in [2.24, 2.45) is 0 Å². The molecule has 0 amide bonds. The number of nitrogens with zero attached hydrogens (tertiary/aromatic N) is 1. The van der Waals surface area contributed by atoms with Crippen LogP contribution in [0.15, 0.2) is 47.4 Å². The van der Waals surface area contributed by atoms with E-state index in [-0.39, 0.29) is 0 Å². The lowest BCUT2D eigenvalue weighted by Gasteiger charge is -2.41. The fourth-order valence-electron chi connectivity index (χ4n) is 3.84. The summed E-state index contributed by atoms with van der Waals surface area (Å²) in [5, 5.41) is 0. The topological polar surface area (TPSA) is 37.4 Å². The average Bonchev–Trinajstić information content (AvgIpc) is 2.52. The normalized spacial score (nSPS) is 21.1. The minimum Gasteiger partial charge on any atom is -0.300 e. The number of hydrogen-bond acceptors (Lipinski definition) is 3. The third-order valence-corrected chi connectivity index (χ3v) is 6.52. The Morgan fingerprint density at radius 3 is 2.50 bits per heavy atom. The third-order valence-electron chi connectivity index (χ3n) is 5.41. The molecule has 126 valence electrons. The van der Waals surface area contributed by atoms with Gasteiger partial charge in [0.05, 0.1) is 4.90 Å². The SMILES string of the molecule is CS(=O)(=O)c1cccc(-c2ccc3c(c2)CCC(N2CCC2)C3)c1. The molecule has 24 heavy (non-hydrogen) atoms. The van der Waals surface area contributed by atoms with Gasteiger partial charge in [-0.15, -0.1) is 0 Å². The summed E-state index contributed by atoms with van der Waals surface area (Å²) in [4.78, 5) is 2.99. The van der Waals surface area contributed by atoms with Crippen LogP contribution in [-0.4, -0.2) is 38.7 Å². The van der Waals surface area contributed by atoms with Crippen LogP contribution >= 0.6 is 0 Å². The lowest BCUT2D eigenvalue weighted by Crippen LogP contribution is -2.47. The number of hydrogen-bond donors (Lipinski definition) is 0. The Morgan fingerprint density at radius 1 is 1.00 bits per heavy atom. The predicted molar refractivity (Wildman–Crippen MR) is 97.0 cm³/mol. The fraction of sp³-hybridized carbons (Fsp3) is 0.400. The molecule has 3 nitrogen and oxygen atoms in total. The number of fused-ring (bicyclic) bond motifs is 1. The van der Waals surface area contributed by atoms with E-state index >= 15 is 0 Å². The minimum absolute atomic E-state index is 0.385. The van der Waals surface area contributed by atoms with E-state index in [9.17, 15) is 8.42 Å². The Kier molecular flexibility index (Phi) is 3.97. The number of sulfone groups is 1. The molecule has 0 bridgehead atoms. The van der Waals surface area contributed by atoms with Gasteiger partial charge in [-0.25, -0.2) is 8.42 Å². The van der Waals surface area contributed by atoms with Gasteiger partial charge in [0.15, 0.2) is 9.84 Å².